The fourth-order valence-corrected chi connectivity index (χ4v) is 7.61. The van der Waals surface area contributed by atoms with E-state index in [0.717, 1.165) is 46.2 Å². The number of hydrogen-bond acceptors (Lipinski definition) is 3. The third-order valence-electron chi connectivity index (χ3n) is 9.78. The summed E-state index contributed by atoms with van der Waals surface area (Å²) in [5.74, 6) is 0. The van der Waals surface area contributed by atoms with Crippen LogP contribution in [0.3, 0.4) is 0 Å². The highest BCUT2D eigenvalue weighted by Gasteiger charge is 2.23. The number of benzene rings is 7. The van der Waals surface area contributed by atoms with Crippen LogP contribution in [-0.2, 0) is 13.1 Å². The topological polar surface area (TPSA) is 29.5 Å². The van der Waals surface area contributed by atoms with Crippen LogP contribution < -0.4 is 4.90 Å². The van der Waals surface area contributed by atoms with E-state index >= 15 is 0 Å². The van der Waals surface area contributed by atoms with Gasteiger partial charge in [-0.05, 0) is 93.0 Å². The van der Waals surface area contributed by atoms with Crippen molar-refractivity contribution >= 4 is 49.6 Å². The molecule has 0 unspecified atom stereocenters. The van der Waals surface area contributed by atoms with Crippen LogP contribution in [0.4, 0.5) is 5.69 Å². The Morgan fingerprint density at radius 3 is 1.62 bits per heavy atom. The van der Waals surface area contributed by atoms with Gasteiger partial charge in [0.2, 0.25) is 0 Å². The number of anilines is 1. The van der Waals surface area contributed by atoms with E-state index in [9.17, 15) is 0 Å². The predicted molar refractivity (Wildman–Crippen MR) is 194 cm³/mol. The van der Waals surface area contributed by atoms with E-state index in [-0.39, 0.29) is 0 Å². The first-order chi connectivity index (χ1) is 23.3. The molecule has 3 heterocycles. The van der Waals surface area contributed by atoms with Crippen molar-refractivity contribution < 1.29 is 8.83 Å². The Kier molecular flexibility index (Phi) is 5.70. The highest BCUT2D eigenvalue weighted by molar-refractivity contribution is 6.13. The highest BCUT2D eigenvalue weighted by atomic mass is 16.3. The van der Waals surface area contributed by atoms with E-state index in [2.05, 4.69) is 144 Å². The lowest BCUT2D eigenvalue weighted by atomic mass is 9.89. The Labute approximate surface area is 271 Å². The third kappa shape index (κ3) is 4.13. The van der Waals surface area contributed by atoms with E-state index in [4.69, 9.17) is 8.83 Å². The molecule has 0 N–H and O–H groups in total. The third-order valence-corrected chi connectivity index (χ3v) is 9.78. The summed E-state index contributed by atoms with van der Waals surface area (Å²) in [7, 11) is 0. The predicted octanol–water partition coefficient (Wildman–Crippen LogP) is 12.0. The largest absolute Gasteiger partial charge is 0.456 e. The van der Waals surface area contributed by atoms with Gasteiger partial charge in [0.15, 0.2) is 0 Å². The molecule has 10 rings (SSSR count). The molecule has 222 valence electrons. The lowest BCUT2D eigenvalue weighted by Gasteiger charge is -2.24. The number of furan rings is 2. The van der Waals surface area contributed by atoms with Crippen LogP contribution in [0.2, 0.25) is 0 Å². The van der Waals surface area contributed by atoms with E-state index in [1.807, 2.05) is 12.1 Å². The molecule has 1 aliphatic heterocycles. The Hall–Kier alpha value is -6.06. The van der Waals surface area contributed by atoms with Gasteiger partial charge in [0.25, 0.3) is 0 Å². The van der Waals surface area contributed by atoms with Gasteiger partial charge in [0.1, 0.15) is 22.3 Å². The van der Waals surface area contributed by atoms with Gasteiger partial charge in [-0.3, -0.25) is 0 Å². The van der Waals surface area contributed by atoms with E-state index in [1.54, 1.807) is 0 Å². The molecular formula is C44H29NO2. The minimum atomic E-state index is 0.807. The Morgan fingerprint density at radius 2 is 0.936 bits per heavy atom. The SMILES string of the molecule is c1ccc(N2Cc3cc(-c4cccc5oc6ccccc6c45)ccc3-c3cc(-c4cccc5oc6ccccc6c45)ccc3C2)cc1. The van der Waals surface area contributed by atoms with Crippen LogP contribution in [0.25, 0.3) is 77.3 Å². The van der Waals surface area contributed by atoms with Gasteiger partial charge in [-0.2, -0.15) is 0 Å². The van der Waals surface area contributed by atoms with Gasteiger partial charge in [0.05, 0.1) is 0 Å². The molecule has 3 heteroatoms. The summed E-state index contributed by atoms with van der Waals surface area (Å²) in [6, 6.07) is 54.2. The first-order valence-electron chi connectivity index (χ1n) is 16.2. The fourth-order valence-electron chi connectivity index (χ4n) is 7.61. The summed E-state index contributed by atoms with van der Waals surface area (Å²) < 4.78 is 12.5. The van der Waals surface area contributed by atoms with Crippen molar-refractivity contribution in [3.05, 3.63) is 163 Å². The van der Waals surface area contributed by atoms with Crippen molar-refractivity contribution in [2.45, 2.75) is 13.1 Å². The number of hydrogen-bond donors (Lipinski definition) is 0. The molecule has 0 atom stereocenters. The molecule has 0 radical (unpaired) electrons. The van der Waals surface area contributed by atoms with Crippen molar-refractivity contribution in [1.82, 2.24) is 0 Å². The maximum absolute atomic E-state index is 6.26. The van der Waals surface area contributed by atoms with E-state index in [1.165, 1.54) is 61.0 Å². The molecule has 47 heavy (non-hydrogen) atoms. The van der Waals surface area contributed by atoms with Crippen LogP contribution in [-0.4, -0.2) is 0 Å². The van der Waals surface area contributed by atoms with Crippen LogP contribution in [0.1, 0.15) is 11.1 Å². The fraction of sp³-hybridized carbons (Fsp3) is 0.0455. The van der Waals surface area contributed by atoms with Gasteiger partial charge >= 0.3 is 0 Å². The molecule has 0 fully saturated rings. The lowest BCUT2D eigenvalue weighted by molar-refractivity contribution is 0.668. The summed E-state index contributed by atoms with van der Waals surface area (Å²) in [6.45, 7) is 1.63. The monoisotopic (exact) mass is 603 g/mol. The van der Waals surface area contributed by atoms with Crippen molar-refractivity contribution in [2.75, 3.05) is 4.90 Å². The number of rotatable bonds is 3. The highest BCUT2D eigenvalue weighted by Crippen LogP contribution is 2.43. The first-order valence-corrected chi connectivity index (χ1v) is 16.2. The first kappa shape index (κ1) is 26.2. The Bertz CT molecular complexity index is 2640. The Balaban J connectivity index is 1.18. The molecule has 9 aromatic rings. The van der Waals surface area contributed by atoms with Crippen LogP contribution in [0.5, 0.6) is 0 Å². The summed E-state index contributed by atoms with van der Waals surface area (Å²) >= 11 is 0. The maximum Gasteiger partial charge on any atom is 0.136 e. The van der Waals surface area contributed by atoms with Gasteiger partial charge in [-0.25, -0.2) is 0 Å². The van der Waals surface area contributed by atoms with Crippen molar-refractivity contribution in [3.8, 4) is 33.4 Å². The molecule has 0 saturated carbocycles. The molecule has 7 aromatic carbocycles. The molecule has 2 aromatic heterocycles. The molecule has 0 amide bonds. The van der Waals surface area contributed by atoms with E-state index < -0.39 is 0 Å². The summed E-state index contributed by atoms with van der Waals surface area (Å²) in [5.41, 5.74) is 14.8. The molecule has 0 saturated heterocycles. The van der Waals surface area contributed by atoms with Gasteiger partial charge in [-0.1, -0.05) is 103 Å². The zero-order valence-electron chi connectivity index (χ0n) is 25.6. The number of fused-ring (bicyclic) bond motifs is 9. The molecular weight excluding hydrogens is 574 g/mol. The molecule has 0 bridgehead atoms. The van der Waals surface area contributed by atoms with Crippen LogP contribution >= 0.6 is 0 Å². The average Bonchev–Trinajstić information content (AvgIpc) is 3.65. The second-order valence-electron chi connectivity index (χ2n) is 12.5. The van der Waals surface area contributed by atoms with Gasteiger partial charge < -0.3 is 13.7 Å². The maximum atomic E-state index is 6.26. The summed E-state index contributed by atoms with van der Waals surface area (Å²) in [4.78, 5) is 2.49. The second-order valence-corrected chi connectivity index (χ2v) is 12.5. The molecule has 3 nitrogen and oxygen atoms in total. The number of nitrogens with zero attached hydrogens (tertiary/aromatic N) is 1. The van der Waals surface area contributed by atoms with E-state index in [0.29, 0.717) is 0 Å². The van der Waals surface area contributed by atoms with Crippen LogP contribution in [0, 0.1) is 0 Å². The van der Waals surface area contributed by atoms with Gasteiger partial charge in [-0.15, -0.1) is 0 Å². The van der Waals surface area contributed by atoms with Crippen molar-refractivity contribution in [3.63, 3.8) is 0 Å². The van der Waals surface area contributed by atoms with Crippen molar-refractivity contribution in [2.24, 2.45) is 0 Å². The smallest absolute Gasteiger partial charge is 0.136 e. The summed E-state index contributed by atoms with van der Waals surface area (Å²) in [6.07, 6.45) is 0. The number of para-hydroxylation sites is 3. The second kappa shape index (κ2) is 10.2. The normalized spacial score (nSPS) is 12.9. The average molecular weight is 604 g/mol. The van der Waals surface area contributed by atoms with Crippen LogP contribution in [0.15, 0.2) is 160 Å². The Morgan fingerprint density at radius 1 is 0.383 bits per heavy atom. The molecule has 0 aliphatic carbocycles. The standard InChI is InChI=1S/C44H29NO2/c1-2-10-32(11-3-1)45-26-30-21-20-29(35-15-9-19-42-44(35)37-13-5-7-17-40(37)47-42)25-38(30)33-23-22-28(24-31(33)27-45)34-14-8-18-41-43(34)36-12-4-6-16-39(36)46-41/h1-25H,26-27H2. The minimum absolute atomic E-state index is 0.807. The quantitative estimate of drug-likeness (QED) is 0.201. The minimum Gasteiger partial charge on any atom is -0.456 e. The lowest BCUT2D eigenvalue weighted by Crippen LogP contribution is -2.20. The molecule has 0 spiro atoms. The van der Waals surface area contributed by atoms with Crippen molar-refractivity contribution in [1.29, 1.82) is 0 Å². The molecule has 1 aliphatic rings. The zero-order chi connectivity index (χ0) is 30.9. The zero-order valence-corrected chi connectivity index (χ0v) is 25.6. The summed E-state index contributed by atoms with van der Waals surface area (Å²) in [5, 5.41) is 4.63. The van der Waals surface area contributed by atoms with Gasteiger partial charge in [0, 0.05) is 40.3 Å².